The number of hydrogen-bond acceptors (Lipinski definition) is 5. The molecule has 2 aromatic rings. The summed E-state index contributed by atoms with van der Waals surface area (Å²) >= 11 is 0. The molecule has 1 N–H and O–H groups in total. The monoisotopic (exact) mass is 371 g/mol. The number of rotatable bonds is 7. The fourth-order valence-electron chi connectivity index (χ4n) is 3.19. The number of ether oxygens (including phenoxy) is 1. The third-order valence-corrected chi connectivity index (χ3v) is 4.89. The Kier molecular flexibility index (Phi) is 6.40. The molecule has 0 atom stereocenters. The minimum atomic E-state index is -0.0369. The van der Waals surface area contributed by atoms with Gasteiger partial charge in [0.2, 0.25) is 11.8 Å². The largest absolute Gasteiger partial charge is 0.497 e. The van der Waals surface area contributed by atoms with Gasteiger partial charge in [0.25, 0.3) is 0 Å². The van der Waals surface area contributed by atoms with Crippen molar-refractivity contribution in [2.75, 3.05) is 20.2 Å². The number of likely N-dealkylation sites (tertiary alicyclic amines) is 1. The summed E-state index contributed by atoms with van der Waals surface area (Å²) in [7, 11) is 1.63. The van der Waals surface area contributed by atoms with Crippen molar-refractivity contribution in [1.29, 1.82) is 0 Å². The Morgan fingerprint density at radius 3 is 2.44 bits per heavy atom. The van der Waals surface area contributed by atoms with Crippen molar-refractivity contribution in [3.05, 3.63) is 42.5 Å². The molecular weight excluding hydrogens is 346 g/mol. The predicted molar refractivity (Wildman–Crippen MR) is 98.8 cm³/mol. The first kappa shape index (κ1) is 18.9. The topological polar surface area (TPSA) is 89.4 Å². The summed E-state index contributed by atoms with van der Waals surface area (Å²) < 4.78 is 6.92. The van der Waals surface area contributed by atoms with Gasteiger partial charge in [0.05, 0.1) is 7.11 Å². The standard InChI is InChI=1S/C19H25N5O3/c1-27-17-4-2-15(3-5-17)12-20-19(26)16-6-10-24(11-7-16)18(25)8-9-23-13-21-22-14-23/h2-5,13-14,16H,6-12H2,1H3,(H,20,26). The van der Waals surface area contributed by atoms with Crippen LogP contribution in [0.1, 0.15) is 24.8 Å². The zero-order valence-electron chi connectivity index (χ0n) is 15.5. The maximum atomic E-state index is 12.4. The summed E-state index contributed by atoms with van der Waals surface area (Å²) in [6.07, 6.45) is 5.03. The lowest BCUT2D eigenvalue weighted by atomic mass is 9.95. The molecule has 144 valence electrons. The molecular formula is C19H25N5O3. The highest BCUT2D eigenvalue weighted by atomic mass is 16.5. The van der Waals surface area contributed by atoms with Crippen LogP contribution in [0.15, 0.2) is 36.9 Å². The highest BCUT2D eigenvalue weighted by Gasteiger charge is 2.26. The molecule has 1 fully saturated rings. The van der Waals surface area contributed by atoms with Crippen LogP contribution in [0.25, 0.3) is 0 Å². The van der Waals surface area contributed by atoms with Gasteiger partial charge in [-0.1, -0.05) is 12.1 Å². The van der Waals surface area contributed by atoms with E-state index >= 15 is 0 Å². The molecule has 0 radical (unpaired) electrons. The van der Waals surface area contributed by atoms with Crippen molar-refractivity contribution in [2.24, 2.45) is 5.92 Å². The molecule has 1 aromatic carbocycles. The van der Waals surface area contributed by atoms with Gasteiger partial charge in [-0.2, -0.15) is 0 Å². The molecule has 0 unspecified atom stereocenters. The van der Waals surface area contributed by atoms with Crippen LogP contribution in [-0.2, 0) is 22.7 Å². The molecule has 2 amide bonds. The summed E-state index contributed by atoms with van der Waals surface area (Å²) in [5, 5.41) is 10.4. The third-order valence-electron chi connectivity index (χ3n) is 4.89. The van der Waals surface area contributed by atoms with Gasteiger partial charge in [-0.15, -0.1) is 10.2 Å². The summed E-state index contributed by atoms with van der Waals surface area (Å²) in [6.45, 7) is 2.33. The first-order chi connectivity index (χ1) is 13.2. The lowest BCUT2D eigenvalue weighted by Gasteiger charge is -2.31. The van der Waals surface area contributed by atoms with Gasteiger partial charge >= 0.3 is 0 Å². The van der Waals surface area contributed by atoms with Gasteiger partial charge < -0.3 is 19.5 Å². The van der Waals surface area contributed by atoms with Crippen molar-refractivity contribution in [1.82, 2.24) is 25.0 Å². The second kappa shape index (κ2) is 9.16. The molecule has 8 heteroatoms. The lowest BCUT2D eigenvalue weighted by Crippen LogP contribution is -2.43. The molecule has 0 saturated carbocycles. The number of carbonyl (C=O) groups excluding carboxylic acids is 2. The van der Waals surface area contributed by atoms with Crippen molar-refractivity contribution in [3.63, 3.8) is 0 Å². The van der Waals surface area contributed by atoms with E-state index in [1.54, 1.807) is 24.3 Å². The fourth-order valence-corrected chi connectivity index (χ4v) is 3.19. The van der Waals surface area contributed by atoms with E-state index in [-0.39, 0.29) is 17.7 Å². The van der Waals surface area contributed by atoms with Crippen LogP contribution >= 0.6 is 0 Å². The van der Waals surface area contributed by atoms with Crippen molar-refractivity contribution in [2.45, 2.75) is 32.4 Å². The maximum Gasteiger partial charge on any atom is 0.224 e. The zero-order chi connectivity index (χ0) is 19.1. The minimum absolute atomic E-state index is 0.0369. The number of methoxy groups -OCH3 is 1. The molecule has 1 saturated heterocycles. The molecule has 8 nitrogen and oxygen atoms in total. The van der Waals surface area contributed by atoms with Gasteiger partial charge in [-0.05, 0) is 30.5 Å². The van der Waals surface area contributed by atoms with Crippen LogP contribution in [-0.4, -0.2) is 51.7 Å². The number of nitrogens with one attached hydrogen (secondary N) is 1. The number of carbonyl (C=O) groups is 2. The van der Waals surface area contributed by atoms with Crippen molar-refractivity contribution in [3.8, 4) is 5.75 Å². The number of aromatic nitrogens is 3. The molecule has 0 bridgehead atoms. The van der Waals surface area contributed by atoms with Crippen LogP contribution in [0.5, 0.6) is 5.75 Å². The molecule has 2 heterocycles. The fraction of sp³-hybridized carbons (Fsp3) is 0.474. The van der Waals surface area contributed by atoms with Gasteiger partial charge in [0, 0.05) is 38.5 Å². The summed E-state index contributed by atoms with van der Waals surface area (Å²) in [6, 6.07) is 7.64. The first-order valence-corrected chi connectivity index (χ1v) is 9.16. The highest BCUT2D eigenvalue weighted by molar-refractivity contribution is 5.80. The Hall–Kier alpha value is -2.90. The van der Waals surface area contributed by atoms with Crippen LogP contribution in [0.4, 0.5) is 0 Å². The normalized spacial score (nSPS) is 14.8. The Bertz CT molecular complexity index is 737. The Labute approximate surface area is 158 Å². The predicted octanol–water partition coefficient (Wildman–Crippen LogP) is 1.23. The highest BCUT2D eigenvalue weighted by Crippen LogP contribution is 2.18. The van der Waals surface area contributed by atoms with E-state index in [1.165, 1.54) is 0 Å². The van der Waals surface area contributed by atoms with E-state index in [2.05, 4.69) is 15.5 Å². The molecule has 1 aliphatic rings. The number of nitrogens with zero attached hydrogens (tertiary/aromatic N) is 4. The average Bonchev–Trinajstić information content (AvgIpc) is 3.24. The van der Waals surface area contributed by atoms with Crippen LogP contribution < -0.4 is 10.1 Å². The molecule has 0 aliphatic carbocycles. The number of hydrogen-bond donors (Lipinski definition) is 1. The van der Waals surface area contributed by atoms with Gasteiger partial charge in [0.1, 0.15) is 18.4 Å². The number of amides is 2. The van der Waals surface area contributed by atoms with E-state index in [0.717, 1.165) is 11.3 Å². The second-order valence-electron chi connectivity index (χ2n) is 6.67. The zero-order valence-corrected chi connectivity index (χ0v) is 15.5. The minimum Gasteiger partial charge on any atom is -0.497 e. The van der Waals surface area contributed by atoms with Gasteiger partial charge in [-0.25, -0.2) is 0 Å². The Balaban J connectivity index is 1.38. The lowest BCUT2D eigenvalue weighted by molar-refractivity contribution is -0.135. The Morgan fingerprint density at radius 1 is 1.15 bits per heavy atom. The average molecular weight is 371 g/mol. The number of piperidine rings is 1. The summed E-state index contributed by atoms with van der Waals surface area (Å²) in [5.41, 5.74) is 1.03. The van der Waals surface area contributed by atoms with E-state index in [0.29, 0.717) is 45.4 Å². The smallest absolute Gasteiger partial charge is 0.224 e. The SMILES string of the molecule is COc1ccc(CNC(=O)C2CCN(C(=O)CCn3cnnc3)CC2)cc1. The summed E-state index contributed by atoms with van der Waals surface area (Å²) in [4.78, 5) is 26.5. The van der Waals surface area contributed by atoms with E-state index in [1.807, 2.05) is 29.2 Å². The second-order valence-corrected chi connectivity index (χ2v) is 6.67. The van der Waals surface area contributed by atoms with E-state index < -0.39 is 0 Å². The van der Waals surface area contributed by atoms with Gasteiger partial charge in [-0.3, -0.25) is 9.59 Å². The molecule has 0 spiro atoms. The first-order valence-electron chi connectivity index (χ1n) is 9.16. The molecule has 27 heavy (non-hydrogen) atoms. The number of aryl methyl sites for hydroxylation is 1. The number of benzene rings is 1. The molecule has 1 aromatic heterocycles. The maximum absolute atomic E-state index is 12.4. The van der Waals surface area contributed by atoms with E-state index in [4.69, 9.17) is 4.74 Å². The quantitative estimate of drug-likeness (QED) is 0.791. The van der Waals surface area contributed by atoms with Gasteiger partial charge in [0.15, 0.2) is 0 Å². The van der Waals surface area contributed by atoms with Crippen LogP contribution in [0.2, 0.25) is 0 Å². The third kappa shape index (κ3) is 5.29. The Morgan fingerprint density at radius 2 is 1.81 bits per heavy atom. The van der Waals surface area contributed by atoms with Crippen LogP contribution in [0.3, 0.4) is 0 Å². The molecule has 3 rings (SSSR count). The van der Waals surface area contributed by atoms with Crippen molar-refractivity contribution < 1.29 is 14.3 Å². The van der Waals surface area contributed by atoms with Crippen molar-refractivity contribution >= 4 is 11.8 Å². The molecule has 1 aliphatic heterocycles. The summed E-state index contributed by atoms with van der Waals surface area (Å²) in [5.74, 6) is 0.930. The van der Waals surface area contributed by atoms with Crippen LogP contribution in [0, 0.1) is 5.92 Å². The van der Waals surface area contributed by atoms with E-state index in [9.17, 15) is 9.59 Å².